The second kappa shape index (κ2) is 4.97. The third kappa shape index (κ3) is 3.16. The van der Waals surface area contributed by atoms with Crippen molar-refractivity contribution in [3.8, 4) is 0 Å². The molecule has 0 radical (unpaired) electrons. The number of nitrogens with one attached hydrogen (secondary N) is 2. The lowest BCUT2D eigenvalue weighted by atomic mass is 10.3. The van der Waals surface area contributed by atoms with E-state index in [9.17, 15) is 8.42 Å². The summed E-state index contributed by atoms with van der Waals surface area (Å²) < 4.78 is 28.7. The number of para-hydroxylation sites is 1. The molecule has 7 nitrogen and oxygen atoms in total. The number of aliphatic imine (C=N–C) groups is 2. The van der Waals surface area contributed by atoms with Crippen LogP contribution in [-0.4, -0.2) is 28.7 Å². The molecule has 0 fully saturated rings. The Morgan fingerprint density at radius 3 is 2.47 bits per heavy atom. The molecule has 0 saturated carbocycles. The highest BCUT2D eigenvalue weighted by Gasteiger charge is 2.44. The molecule has 1 heterocycles. The summed E-state index contributed by atoms with van der Waals surface area (Å²) in [7, 11) is -4.76. The van der Waals surface area contributed by atoms with E-state index in [1.807, 2.05) is 0 Å². The molecule has 0 saturated heterocycles. The van der Waals surface area contributed by atoms with E-state index in [-0.39, 0.29) is 11.3 Å². The lowest BCUT2D eigenvalue weighted by molar-refractivity contribution is 0.461. The SMILES string of the molecule is O=S(=O)(O)C1(Cl)N=C(Cl)NC(Nc2ccccc2)=N1. The molecule has 0 bridgehead atoms. The number of nitrogens with zero attached hydrogens (tertiary/aromatic N) is 2. The summed E-state index contributed by atoms with van der Waals surface area (Å²) in [4.78, 5) is 6.93. The highest BCUT2D eigenvalue weighted by atomic mass is 35.5. The molecule has 1 unspecified atom stereocenters. The van der Waals surface area contributed by atoms with Crippen molar-refractivity contribution in [3.63, 3.8) is 0 Å². The predicted molar refractivity (Wildman–Crippen MR) is 74.1 cm³/mol. The highest BCUT2D eigenvalue weighted by molar-refractivity contribution is 7.88. The first-order valence-electron chi connectivity index (χ1n) is 4.90. The van der Waals surface area contributed by atoms with Gasteiger partial charge in [0.15, 0.2) is 0 Å². The minimum atomic E-state index is -4.76. The fraction of sp³-hybridized carbons (Fsp3) is 0.111. The van der Waals surface area contributed by atoms with Crippen molar-refractivity contribution in [2.24, 2.45) is 9.98 Å². The number of benzene rings is 1. The number of anilines is 1. The predicted octanol–water partition coefficient (Wildman–Crippen LogP) is 1.39. The molecule has 1 aliphatic rings. The Hall–Kier alpha value is -1.35. The molecular formula is C9H8Cl2N4O3S. The lowest BCUT2D eigenvalue weighted by Gasteiger charge is -2.22. The number of hydrogen-bond acceptors (Lipinski definition) is 6. The third-order valence-electron chi connectivity index (χ3n) is 2.07. The van der Waals surface area contributed by atoms with Gasteiger partial charge in [-0.25, -0.2) is 0 Å². The Kier molecular flexibility index (Phi) is 3.68. The van der Waals surface area contributed by atoms with Gasteiger partial charge >= 0.3 is 14.6 Å². The first-order valence-corrected chi connectivity index (χ1v) is 7.10. The van der Waals surface area contributed by atoms with Gasteiger partial charge in [-0.15, -0.1) is 0 Å². The molecule has 1 atom stereocenters. The molecule has 0 spiro atoms. The van der Waals surface area contributed by atoms with Crippen molar-refractivity contribution in [2.75, 3.05) is 5.32 Å². The zero-order valence-corrected chi connectivity index (χ0v) is 11.5. The standard InChI is InChI=1S/C9H8Cl2N4O3S/c10-7-13-8(12-6-4-2-1-3-5-6)15-9(11,14-7)19(16,17)18/h1-5H,(H,16,17,18)(H2,12,13,14,15). The highest BCUT2D eigenvalue weighted by Crippen LogP contribution is 2.28. The summed E-state index contributed by atoms with van der Waals surface area (Å²) in [6.45, 7) is 0. The van der Waals surface area contributed by atoms with Gasteiger partial charge in [0.1, 0.15) is 0 Å². The Bertz CT molecular complexity index is 647. The van der Waals surface area contributed by atoms with Gasteiger partial charge in [0.05, 0.1) is 0 Å². The number of halogens is 2. The van der Waals surface area contributed by atoms with Crippen LogP contribution in [0.3, 0.4) is 0 Å². The zero-order valence-electron chi connectivity index (χ0n) is 9.21. The van der Waals surface area contributed by atoms with Crippen LogP contribution < -0.4 is 10.6 Å². The zero-order chi connectivity index (χ0) is 14.1. The van der Waals surface area contributed by atoms with Crippen molar-refractivity contribution >= 4 is 50.3 Å². The van der Waals surface area contributed by atoms with Gasteiger partial charge in [-0.1, -0.05) is 18.2 Å². The van der Waals surface area contributed by atoms with E-state index in [1.165, 1.54) is 0 Å². The topological polar surface area (TPSA) is 103 Å². The van der Waals surface area contributed by atoms with Gasteiger partial charge in [0.2, 0.25) is 11.3 Å². The minimum Gasteiger partial charge on any atom is -0.326 e. The maximum absolute atomic E-state index is 11.1. The Labute approximate surface area is 119 Å². The van der Waals surface area contributed by atoms with Crippen LogP contribution >= 0.6 is 23.2 Å². The average Bonchev–Trinajstić information content (AvgIpc) is 2.27. The van der Waals surface area contributed by atoms with Gasteiger partial charge < -0.3 is 10.6 Å². The fourth-order valence-electron chi connectivity index (χ4n) is 1.27. The molecule has 1 aromatic carbocycles. The molecule has 102 valence electrons. The van der Waals surface area contributed by atoms with E-state index in [0.29, 0.717) is 5.69 Å². The average molecular weight is 323 g/mol. The molecule has 2 rings (SSSR count). The largest absolute Gasteiger partial charge is 0.361 e. The molecule has 0 amide bonds. The van der Waals surface area contributed by atoms with Gasteiger partial charge in [-0.3, -0.25) is 4.55 Å². The maximum Gasteiger partial charge on any atom is 0.361 e. The van der Waals surface area contributed by atoms with Crippen molar-refractivity contribution in [2.45, 2.75) is 4.45 Å². The number of guanidine groups is 1. The van der Waals surface area contributed by atoms with Crippen molar-refractivity contribution in [3.05, 3.63) is 30.3 Å². The van der Waals surface area contributed by atoms with Crippen LogP contribution in [0.1, 0.15) is 0 Å². The monoisotopic (exact) mass is 322 g/mol. The number of amidine groups is 1. The summed E-state index contributed by atoms with van der Waals surface area (Å²) in [6.07, 6.45) is 0. The van der Waals surface area contributed by atoms with Gasteiger partial charge in [-0.05, 0) is 35.3 Å². The van der Waals surface area contributed by atoms with Crippen LogP contribution in [0, 0.1) is 0 Å². The Morgan fingerprint density at radius 2 is 1.89 bits per heavy atom. The number of alkyl halides is 1. The molecule has 0 aliphatic carbocycles. The molecule has 1 aromatic rings. The van der Waals surface area contributed by atoms with E-state index in [4.69, 9.17) is 27.8 Å². The van der Waals surface area contributed by atoms with Crippen LogP contribution in [0.15, 0.2) is 40.3 Å². The molecule has 19 heavy (non-hydrogen) atoms. The minimum absolute atomic E-state index is 0.0566. The van der Waals surface area contributed by atoms with Gasteiger partial charge in [0.25, 0.3) is 0 Å². The fourth-order valence-corrected chi connectivity index (χ4v) is 2.16. The van der Waals surface area contributed by atoms with Crippen LogP contribution in [0.5, 0.6) is 0 Å². The Balaban J connectivity index is 2.33. The summed E-state index contributed by atoms with van der Waals surface area (Å²) in [6, 6.07) is 8.76. The molecular weight excluding hydrogens is 315 g/mol. The van der Waals surface area contributed by atoms with E-state index in [0.717, 1.165) is 0 Å². The van der Waals surface area contributed by atoms with Crippen LogP contribution in [0.25, 0.3) is 0 Å². The van der Waals surface area contributed by atoms with E-state index < -0.39 is 14.6 Å². The third-order valence-corrected chi connectivity index (χ3v) is 3.84. The van der Waals surface area contributed by atoms with Gasteiger partial charge in [0, 0.05) is 5.69 Å². The molecule has 10 heteroatoms. The summed E-state index contributed by atoms with van der Waals surface area (Å²) in [5.41, 5.74) is 0.620. The first-order chi connectivity index (χ1) is 8.80. The summed E-state index contributed by atoms with van der Waals surface area (Å²) in [5.74, 6) is -0.0566. The van der Waals surface area contributed by atoms with E-state index >= 15 is 0 Å². The molecule has 1 aliphatic heterocycles. The lowest BCUT2D eigenvalue weighted by Crippen LogP contribution is -2.44. The Morgan fingerprint density at radius 1 is 1.26 bits per heavy atom. The smallest absolute Gasteiger partial charge is 0.326 e. The second-order valence-corrected chi connectivity index (χ2v) is 6.11. The first kappa shape index (κ1) is 14.1. The quantitative estimate of drug-likeness (QED) is 0.433. The summed E-state index contributed by atoms with van der Waals surface area (Å²) >= 11 is 11.3. The number of hydrogen-bond donors (Lipinski definition) is 3. The molecule has 0 aromatic heterocycles. The van der Waals surface area contributed by atoms with Crippen molar-refractivity contribution in [1.29, 1.82) is 0 Å². The normalized spacial score (nSPS) is 23.1. The second-order valence-electron chi connectivity index (χ2n) is 3.48. The van der Waals surface area contributed by atoms with Crippen LogP contribution in [-0.2, 0) is 10.1 Å². The maximum atomic E-state index is 11.1. The van der Waals surface area contributed by atoms with Gasteiger partial charge in [-0.2, -0.15) is 18.4 Å². The van der Waals surface area contributed by atoms with Crippen molar-refractivity contribution in [1.82, 2.24) is 5.32 Å². The van der Waals surface area contributed by atoms with Crippen molar-refractivity contribution < 1.29 is 13.0 Å². The molecule has 3 N–H and O–H groups in total. The summed E-state index contributed by atoms with van der Waals surface area (Å²) in [5, 5.41) is 4.92. The van der Waals surface area contributed by atoms with Crippen LogP contribution in [0.4, 0.5) is 5.69 Å². The van der Waals surface area contributed by atoms with E-state index in [2.05, 4.69) is 20.6 Å². The van der Waals surface area contributed by atoms with Crippen LogP contribution in [0.2, 0.25) is 0 Å². The van der Waals surface area contributed by atoms with E-state index in [1.54, 1.807) is 30.3 Å². The number of rotatable bonds is 2.